The highest BCUT2D eigenvalue weighted by atomic mass is 28.3. The van der Waals surface area contributed by atoms with Gasteiger partial charge >= 0.3 is 5.97 Å². The van der Waals surface area contributed by atoms with Gasteiger partial charge in [0.25, 0.3) is 0 Å². The highest BCUT2D eigenvalue weighted by Gasteiger charge is 2.37. The van der Waals surface area contributed by atoms with E-state index >= 15 is 0 Å². The summed E-state index contributed by atoms with van der Waals surface area (Å²) in [6, 6.07) is 0. The van der Waals surface area contributed by atoms with Crippen LogP contribution in [0.4, 0.5) is 0 Å². The van der Waals surface area contributed by atoms with Crippen LogP contribution >= 0.6 is 0 Å². The Balaban J connectivity index is 3.07. The third-order valence-electron chi connectivity index (χ3n) is 3.23. The van der Waals surface area contributed by atoms with Crippen molar-refractivity contribution in [3.63, 3.8) is 0 Å². The van der Waals surface area contributed by atoms with Gasteiger partial charge < -0.3 is 4.74 Å². The Kier molecular flexibility index (Phi) is 5.01. The molecule has 4 heteroatoms. The van der Waals surface area contributed by atoms with Gasteiger partial charge in [-0.2, -0.15) is 0 Å². The van der Waals surface area contributed by atoms with Crippen molar-refractivity contribution in [3.8, 4) is 0 Å². The Labute approximate surface area is 123 Å². The molecule has 114 valence electrons. The molecule has 1 aliphatic carbocycles. The number of hydrogen-bond acceptors (Lipinski definition) is 3. The average Bonchev–Trinajstić information content (AvgIpc) is 2.17. The van der Waals surface area contributed by atoms with E-state index in [0.717, 1.165) is 5.57 Å². The Bertz CT molecular complexity index is 424. The topological polar surface area (TPSA) is 43.4 Å². The molecule has 0 aliphatic heterocycles. The van der Waals surface area contributed by atoms with E-state index in [4.69, 9.17) is 4.74 Å². The number of esters is 1. The van der Waals surface area contributed by atoms with E-state index in [2.05, 4.69) is 25.3 Å². The first-order valence-corrected chi connectivity index (χ1v) is 10.9. The minimum Gasteiger partial charge on any atom is -0.459 e. The molecule has 0 spiro atoms. The highest BCUT2D eigenvalue weighted by Crippen LogP contribution is 2.35. The summed E-state index contributed by atoms with van der Waals surface area (Å²) >= 11 is 0. The predicted molar refractivity (Wildman–Crippen MR) is 84.2 cm³/mol. The van der Waals surface area contributed by atoms with Gasteiger partial charge in [-0.25, -0.2) is 0 Å². The normalized spacial score (nSPS) is 26.8. The molecule has 0 amide bonds. The summed E-state index contributed by atoms with van der Waals surface area (Å²) in [5.74, 6) is -0.305. The summed E-state index contributed by atoms with van der Waals surface area (Å²) in [7, 11) is -1.44. The summed E-state index contributed by atoms with van der Waals surface area (Å²) in [5.41, 5.74) is 2.89. The molecule has 3 nitrogen and oxygen atoms in total. The fourth-order valence-corrected chi connectivity index (χ4v) is 4.05. The van der Waals surface area contributed by atoms with Crippen LogP contribution in [0.3, 0.4) is 0 Å². The van der Waals surface area contributed by atoms with Gasteiger partial charge in [-0.1, -0.05) is 37.8 Å². The zero-order valence-electron chi connectivity index (χ0n) is 13.9. The van der Waals surface area contributed by atoms with E-state index < -0.39 is 13.7 Å². The molecule has 1 fully saturated rings. The van der Waals surface area contributed by atoms with Crippen LogP contribution in [-0.4, -0.2) is 25.4 Å². The molecule has 0 aromatic rings. The predicted octanol–water partition coefficient (Wildman–Crippen LogP) is 3.75. The number of ketones is 1. The van der Waals surface area contributed by atoms with Crippen molar-refractivity contribution < 1.29 is 14.3 Å². The van der Waals surface area contributed by atoms with Crippen LogP contribution in [0.25, 0.3) is 0 Å². The zero-order valence-corrected chi connectivity index (χ0v) is 14.9. The molecule has 0 N–H and O–H groups in total. The SMILES string of the molecule is CC1CC(=O)CC(C(=O)OC(C)(C)C)/C1=C/[Si](C)(C)C. The van der Waals surface area contributed by atoms with Crippen LogP contribution < -0.4 is 0 Å². The maximum Gasteiger partial charge on any atom is 0.314 e. The molecule has 0 aromatic carbocycles. The molecule has 0 radical (unpaired) electrons. The first-order valence-electron chi connectivity index (χ1n) is 7.36. The number of rotatable bonds is 2. The summed E-state index contributed by atoms with van der Waals surface area (Å²) in [6.45, 7) is 14.4. The molecule has 0 heterocycles. The van der Waals surface area contributed by atoms with Gasteiger partial charge in [-0.05, 0) is 26.7 Å². The third-order valence-corrected chi connectivity index (χ3v) is 4.43. The van der Waals surface area contributed by atoms with E-state index in [-0.39, 0.29) is 23.6 Å². The minimum absolute atomic E-state index is 0.153. The lowest BCUT2D eigenvalue weighted by Gasteiger charge is -2.32. The number of carbonyl (C=O) groups excluding carboxylic acids is 2. The zero-order chi connectivity index (χ0) is 15.7. The van der Waals surface area contributed by atoms with E-state index in [0.29, 0.717) is 12.8 Å². The monoisotopic (exact) mass is 296 g/mol. The highest BCUT2D eigenvalue weighted by molar-refractivity contribution is 6.81. The maximum absolute atomic E-state index is 12.4. The largest absolute Gasteiger partial charge is 0.459 e. The molecular weight excluding hydrogens is 268 g/mol. The van der Waals surface area contributed by atoms with Gasteiger partial charge in [0, 0.05) is 12.8 Å². The van der Waals surface area contributed by atoms with Crippen molar-refractivity contribution in [1.82, 2.24) is 0 Å². The van der Waals surface area contributed by atoms with Crippen LogP contribution in [0.15, 0.2) is 11.3 Å². The van der Waals surface area contributed by atoms with Crippen LogP contribution in [0, 0.1) is 11.8 Å². The number of hydrogen-bond donors (Lipinski definition) is 0. The van der Waals surface area contributed by atoms with E-state index in [1.807, 2.05) is 27.7 Å². The standard InChI is InChI=1S/C16H28O3Si/c1-11-8-12(17)9-13(14(11)10-20(5,6)7)15(18)19-16(2,3)4/h10-11,13H,8-9H2,1-7H3/b14-10+. The Morgan fingerprint density at radius 2 is 1.80 bits per heavy atom. The lowest BCUT2D eigenvalue weighted by atomic mass is 9.77. The Morgan fingerprint density at radius 3 is 2.25 bits per heavy atom. The molecule has 0 bridgehead atoms. The first-order chi connectivity index (χ1) is 8.89. The van der Waals surface area contributed by atoms with Crippen LogP contribution in [0.2, 0.25) is 19.6 Å². The van der Waals surface area contributed by atoms with Gasteiger partial charge in [-0.3, -0.25) is 9.59 Å². The van der Waals surface area contributed by atoms with E-state index in [9.17, 15) is 9.59 Å². The van der Waals surface area contributed by atoms with E-state index in [1.54, 1.807) is 0 Å². The second kappa shape index (κ2) is 5.84. The van der Waals surface area contributed by atoms with Crippen molar-refractivity contribution in [3.05, 3.63) is 11.3 Å². The summed E-state index contributed by atoms with van der Waals surface area (Å²) in [5, 5.41) is 0. The van der Waals surface area contributed by atoms with E-state index in [1.165, 1.54) is 0 Å². The molecule has 20 heavy (non-hydrogen) atoms. The fourth-order valence-electron chi connectivity index (χ4n) is 2.57. The average molecular weight is 296 g/mol. The molecule has 2 unspecified atom stereocenters. The van der Waals surface area contributed by atoms with Crippen molar-refractivity contribution in [2.45, 2.75) is 65.8 Å². The van der Waals surface area contributed by atoms with Gasteiger partial charge in [0.1, 0.15) is 11.4 Å². The lowest BCUT2D eigenvalue weighted by molar-refractivity contribution is -0.160. The fraction of sp³-hybridized carbons (Fsp3) is 0.750. The quantitative estimate of drug-likeness (QED) is 0.576. The summed E-state index contributed by atoms with van der Waals surface area (Å²) in [4.78, 5) is 24.2. The number of Topliss-reactive ketones (excluding diaryl/α,β-unsaturated/α-hetero) is 1. The van der Waals surface area contributed by atoms with Crippen LogP contribution in [0.5, 0.6) is 0 Å². The van der Waals surface area contributed by atoms with Crippen LogP contribution in [-0.2, 0) is 14.3 Å². The number of ether oxygens (including phenoxy) is 1. The molecule has 0 saturated heterocycles. The molecule has 1 rings (SSSR count). The maximum atomic E-state index is 12.4. The lowest BCUT2D eigenvalue weighted by Crippen LogP contribution is -2.36. The second-order valence-electron chi connectivity index (χ2n) is 7.94. The van der Waals surface area contributed by atoms with Crippen molar-refractivity contribution >= 4 is 19.8 Å². The van der Waals surface area contributed by atoms with Crippen molar-refractivity contribution in [1.29, 1.82) is 0 Å². The Hall–Kier alpha value is -0.903. The van der Waals surface area contributed by atoms with Gasteiger partial charge in [-0.15, -0.1) is 0 Å². The summed E-state index contributed by atoms with van der Waals surface area (Å²) in [6.07, 6.45) is 0.852. The third kappa shape index (κ3) is 5.23. The number of carbonyl (C=O) groups is 2. The second-order valence-corrected chi connectivity index (χ2v) is 13.0. The molecular formula is C16H28O3Si. The minimum atomic E-state index is -1.44. The first kappa shape index (κ1) is 17.1. The summed E-state index contributed by atoms with van der Waals surface area (Å²) < 4.78 is 5.50. The van der Waals surface area contributed by atoms with Crippen LogP contribution in [0.1, 0.15) is 40.5 Å². The van der Waals surface area contributed by atoms with Gasteiger partial charge in [0.05, 0.1) is 14.0 Å². The molecule has 1 saturated carbocycles. The molecule has 1 aliphatic rings. The molecule has 0 aromatic heterocycles. The smallest absolute Gasteiger partial charge is 0.314 e. The van der Waals surface area contributed by atoms with Gasteiger partial charge in [0.15, 0.2) is 0 Å². The van der Waals surface area contributed by atoms with Crippen molar-refractivity contribution in [2.24, 2.45) is 11.8 Å². The Morgan fingerprint density at radius 1 is 1.25 bits per heavy atom. The molecule has 2 atom stereocenters. The van der Waals surface area contributed by atoms with Gasteiger partial charge in [0.2, 0.25) is 0 Å². The van der Waals surface area contributed by atoms with Crippen molar-refractivity contribution in [2.75, 3.05) is 0 Å².